The Balaban J connectivity index is 1.30. The van der Waals surface area contributed by atoms with Crippen LogP contribution in [0.15, 0.2) is 42.7 Å². The van der Waals surface area contributed by atoms with Crippen molar-refractivity contribution >= 4 is 11.6 Å². The second-order valence-electron chi connectivity index (χ2n) is 6.02. The molecule has 2 aromatic rings. The fraction of sp³-hybridized carbons (Fsp3) is 0.375. The number of anilines is 2. The largest absolute Gasteiger partial charge is 0.396 e. The molecular weight excluding hydrogens is 262 g/mol. The van der Waals surface area contributed by atoms with Gasteiger partial charge >= 0.3 is 0 Å². The van der Waals surface area contributed by atoms with E-state index in [1.54, 1.807) is 12.4 Å². The highest BCUT2D eigenvalue weighted by Crippen LogP contribution is 2.47. The molecule has 1 saturated heterocycles. The SMILES string of the molecule is Nc1cnc(NC2C3CN(Cc4ccccc4)CC32)nc1. The first-order chi connectivity index (χ1) is 10.3. The van der Waals surface area contributed by atoms with Crippen LogP contribution in [0.3, 0.4) is 0 Å². The van der Waals surface area contributed by atoms with Gasteiger partial charge in [-0.05, 0) is 17.4 Å². The van der Waals surface area contributed by atoms with E-state index in [0.717, 1.165) is 31.5 Å². The van der Waals surface area contributed by atoms with Gasteiger partial charge in [0.15, 0.2) is 0 Å². The number of nitrogen functional groups attached to an aromatic ring is 1. The quantitative estimate of drug-likeness (QED) is 0.891. The van der Waals surface area contributed by atoms with Crippen molar-refractivity contribution in [2.75, 3.05) is 24.1 Å². The molecule has 108 valence electrons. The Labute approximate surface area is 124 Å². The summed E-state index contributed by atoms with van der Waals surface area (Å²) in [5.41, 5.74) is 7.59. The molecular formula is C16H19N5. The van der Waals surface area contributed by atoms with Crippen LogP contribution in [0, 0.1) is 11.8 Å². The average Bonchev–Trinajstić information content (AvgIpc) is 2.94. The molecule has 2 fully saturated rings. The Morgan fingerprint density at radius 3 is 2.43 bits per heavy atom. The van der Waals surface area contributed by atoms with Crippen LogP contribution in [0.5, 0.6) is 0 Å². The third kappa shape index (κ3) is 2.56. The van der Waals surface area contributed by atoms with E-state index in [-0.39, 0.29) is 0 Å². The number of nitrogens with two attached hydrogens (primary N) is 1. The molecule has 5 nitrogen and oxygen atoms in total. The summed E-state index contributed by atoms with van der Waals surface area (Å²) in [6, 6.07) is 11.2. The van der Waals surface area contributed by atoms with Crippen molar-refractivity contribution in [1.82, 2.24) is 14.9 Å². The van der Waals surface area contributed by atoms with Crippen molar-refractivity contribution in [1.29, 1.82) is 0 Å². The summed E-state index contributed by atoms with van der Waals surface area (Å²) in [5.74, 6) is 2.16. The first kappa shape index (κ1) is 12.6. The molecule has 5 heteroatoms. The Bertz CT molecular complexity index is 600. The molecule has 2 unspecified atom stereocenters. The van der Waals surface area contributed by atoms with Crippen LogP contribution in [0.1, 0.15) is 5.56 Å². The number of likely N-dealkylation sites (tertiary alicyclic amines) is 1. The summed E-state index contributed by atoms with van der Waals surface area (Å²) in [4.78, 5) is 11.0. The number of hydrogen-bond acceptors (Lipinski definition) is 5. The Morgan fingerprint density at radius 2 is 1.76 bits per heavy atom. The van der Waals surface area contributed by atoms with Crippen LogP contribution < -0.4 is 11.1 Å². The summed E-state index contributed by atoms with van der Waals surface area (Å²) in [5, 5.41) is 3.43. The van der Waals surface area contributed by atoms with E-state index in [4.69, 9.17) is 5.73 Å². The maximum Gasteiger partial charge on any atom is 0.222 e. The minimum absolute atomic E-state index is 0.528. The molecule has 4 rings (SSSR count). The summed E-state index contributed by atoms with van der Waals surface area (Å²) in [6.45, 7) is 3.37. The third-order valence-corrected chi connectivity index (χ3v) is 4.49. The molecule has 21 heavy (non-hydrogen) atoms. The van der Waals surface area contributed by atoms with E-state index in [0.29, 0.717) is 17.7 Å². The first-order valence-electron chi connectivity index (χ1n) is 7.40. The van der Waals surface area contributed by atoms with E-state index in [1.165, 1.54) is 5.56 Å². The van der Waals surface area contributed by atoms with E-state index in [1.807, 2.05) is 0 Å². The van der Waals surface area contributed by atoms with E-state index >= 15 is 0 Å². The number of nitrogens with zero attached hydrogens (tertiary/aromatic N) is 3. The molecule has 0 bridgehead atoms. The zero-order valence-electron chi connectivity index (χ0n) is 11.8. The van der Waals surface area contributed by atoms with Crippen LogP contribution in [-0.2, 0) is 6.54 Å². The van der Waals surface area contributed by atoms with E-state index in [2.05, 4.69) is 50.5 Å². The molecule has 1 aliphatic carbocycles. The van der Waals surface area contributed by atoms with Crippen molar-refractivity contribution < 1.29 is 0 Å². The zero-order chi connectivity index (χ0) is 14.2. The van der Waals surface area contributed by atoms with Gasteiger partial charge in [-0.3, -0.25) is 4.90 Å². The smallest absolute Gasteiger partial charge is 0.222 e. The van der Waals surface area contributed by atoms with Crippen molar-refractivity contribution in [3.63, 3.8) is 0 Å². The molecule has 1 aromatic heterocycles. The predicted octanol–water partition coefficient (Wildman–Crippen LogP) is 1.60. The molecule has 1 saturated carbocycles. The lowest BCUT2D eigenvalue weighted by molar-refractivity contribution is 0.292. The first-order valence-corrected chi connectivity index (χ1v) is 7.40. The lowest BCUT2D eigenvalue weighted by Crippen LogP contribution is -2.27. The standard InChI is InChI=1S/C16H19N5/c17-12-6-18-16(19-7-12)20-15-13-9-21(10-14(13)15)8-11-4-2-1-3-5-11/h1-7,13-15H,8-10,17H2,(H,18,19,20). The lowest BCUT2D eigenvalue weighted by Gasteiger charge is -2.19. The number of piperidine rings is 1. The van der Waals surface area contributed by atoms with Gasteiger partial charge in [-0.15, -0.1) is 0 Å². The second-order valence-corrected chi connectivity index (χ2v) is 6.02. The van der Waals surface area contributed by atoms with Crippen LogP contribution in [0.2, 0.25) is 0 Å². The van der Waals surface area contributed by atoms with Crippen LogP contribution in [0.4, 0.5) is 11.6 Å². The minimum atomic E-state index is 0.528. The molecule has 1 aliphatic heterocycles. The fourth-order valence-electron chi connectivity index (χ4n) is 3.36. The molecule has 2 heterocycles. The summed E-state index contributed by atoms with van der Waals surface area (Å²) in [6.07, 6.45) is 3.30. The van der Waals surface area contributed by atoms with Gasteiger partial charge < -0.3 is 11.1 Å². The molecule has 3 N–H and O–H groups in total. The van der Waals surface area contributed by atoms with Gasteiger partial charge in [-0.25, -0.2) is 9.97 Å². The number of aromatic nitrogens is 2. The van der Waals surface area contributed by atoms with Gasteiger partial charge in [0.05, 0.1) is 18.1 Å². The van der Waals surface area contributed by atoms with Gasteiger partial charge in [-0.2, -0.15) is 0 Å². The van der Waals surface area contributed by atoms with Crippen LogP contribution in [-0.4, -0.2) is 34.0 Å². The van der Waals surface area contributed by atoms with E-state index in [9.17, 15) is 0 Å². The highest BCUT2D eigenvalue weighted by molar-refractivity contribution is 5.38. The monoisotopic (exact) mass is 281 g/mol. The average molecular weight is 281 g/mol. The number of rotatable bonds is 4. The lowest BCUT2D eigenvalue weighted by atomic mass is 10.2. The number of nitrogens with one attached hydrogen (secondary N) is 1. The van der Waals surface area contributed by atoms with Crippen LogP contribution >= 0.6 is 0 Å². The van der Waals surface area contributed by atoms with E-state index < -0.39 is 0 Å². The molecule has 0 amide bonds. The zero-order valence-corrected chi connectivity index (χ0v) is 11.8. The Morgan fingerprint density at radius 1 is 1.10 bits per heavy atom. The van der Waals surface area contributed by atoms with Gasteiger partial charge in [0.1, 0.15) is 0 Å². The van der Waals surface area contributed by atoms with Crippen molar-refractivity contribution in [2.45, 2.75) is 12.6 Å². The van der Waals surface area contributed by atoms with Crippen molar-refractivity contribution in [2.24, 2.45) is 11.8 Å². The molecule has 0 radical (unpaired) electrons. The third-order valence-electron chi connectivity index (χ3n) is 4.49. The maximum atomic E-state index is 5.60. The van der Waals surface area contributed by atoms with Gasteiger partial charge in [0.2, 0.25) is 5.95 Å². The summed E-state index contributed by atoms with van der Waals surface area (Å²) >= 11 is 0. The molecule has 1 aromatic carbocycles. The highest BCUT2D eigenvalue weighted by Gasteiger charge is 2.55. The minimum Gasteiger partial charge on any atom is -0.396 e. The highest BCUT2D eigenvalue weighted by atomic mass is 15.2. The molecule has 2 atom stereocenters. The van der Waals surface area contributed by atoms with Crippen molar-refractivity contribution in [3.8, 4) is 0 Å². The van der Waals surface area contributed by atoms with Gasteiger partial charge in [0.25, 0.3) is 0 Å². The fourth-order valence-corrected chi connectivity index (χ4v) is 3.36. The summed E-state index contributed by atoms with van der Waals surface area (Å²) in [7, 11) is 0. The number of fused-ring (bicyclic) bond motifs is 1. The predicted molar refractivity (Wildman–Crippen MR) is 82.6 cm³/mol. The van der Waals surface area contributed by atoms with Crippen molar-refractivity contribution in [3.05, 3.63) is 48.3 Å². The van der Waals surface area contributed by atoms with Gasteiger partial charge in [-0.1, -0.05) is 30.3 Å². The molecule has 0 spiro atoms. The topological polar surface area (TPSA) is 67.1 Å². The van der Waals surface area contributed by atoms with Gasteiger partial charge in [0, 0.05) is 25.7 Å². The normalized spacial score (nSPS) is 27.3. The Kier molecular flexibility index (Phi) is 3.00. The second kappa shape index (κ2) is 5.00. The van der Waals surface area contributed by atoms with Crippen LogP contribution in [0.25, 0.3) is 0 Å². The number of benzene rings is 1. The summed E-state index contributed by atoms with van der Waals surface area (Å²) < 4.78 is 0. The Hall–Kier alpha value is -2.14. The number of hydrogen-bond donors (Lipinski definition) is 2. The maximum absolute atomic E-state index is 5.60. The molecule has 2 aliphatic rings.